The number of esters is 1. The van der Waals surface area contributed by atoms with Gasteiger partial charge in [-0.15, -0.1) is 0 Å². The third-order valence-corrected chi connectivity index (χ3v) is 4.86. The standard InChI is InChI=1S/C23H14F6N4O3/c24-22(25,26)12-36-21(35)17-11-31-33-18(7-8-30-19(17)33)13-3-2-6-16(10-13)32-20(34)14-4-1-5-15(9-14)23(27,28)29/h1-11H,12H2,(H,32,34). The first-order chi connectivity index (χ1) is 16.9. The molecule has 186 valence electrons. The second-order valence-electron chi connectivity index (χ2n) is 7.43. The maximum Gasteiger partial charge on any atom is 0.422 e. The SMILES string of the molecule is O=C(Nc1cccc(-c2ccnc3c(C(=O)OCC(F)(F)F)cnn23)c1)c1cccc(C(F)(F)F)c1. The fourth-order valence-corrected chi connectivity index (χ4v) is 3.28. The van der Waals surface area contributed by atoms with Crippen molar-refractivity contribution in [2.45, 2.75) is 12.4 Å². The van der Waals surface area contributed by atoms with Crippen LogP contribution >= 0.6 is 0 Å². The lowest BCUT2D eigenvalue weighted by atomic mass is 10.1. The summed E-state index contributed by atoms with van der Waals surface area (Å²) < 4.78 is 81.4. The minimum absolute atomic E-state index is 0.0573. The van der Waals surface area contributed by atoms with Crippen LogP contribution in [0.2, 0.25) is 0 Å². The van der Waals surface area contributed by atoms with Gasteiger partial charge in [-0.1, -0.05) is 18.2 Å². The quantitative estimate of drug-likeness (QED) is 0.289. The van der Waals surface area contributed by atoms with E-state index in [1.54, 1.807) is 12.1 Å². The molecule has 0 saturated carbocycles. The second-order valence-corrected chi connectivity index (χ2v) is 7.43. The number of halogens is 6. The summed E-state index contributed by atoms with van der Waals surface area (Å²) in [6, 6.07) is 11.7. The van der Waals surface area contributed by atoms with Crippen molar-refractivity contribution in [2.75, 3.05) is 11.9 Å². The number of carbonyl (C=O) groups excluding carboxylic acids is 2. The molecule has 0 aliphatic heterocycles. The van der Waals surface area contributed by atoms with Gasteiger partial charge in [0.2, 0.25) is 0 Å². The average Bonchev–Trinajstić information content (AvgIpc) is 3.26. The van der Waals surface area contributed by atoms with E-state index in [4.69, 9.17) is 0 Å². The zero-order valence-electron chi connectivity index (χ0n) is 17.9. The molecule has 2 aromatic carbocycles. The molecule has 0 unspecified atom stereocenters. The van der Waals surface area contributed by atoms with Crippen LogP contribution in [-0.2, 0) is 10.9 Å². The highest BCUT2D eigenvalue weighted by Crippen LogP contribution is 2.30. The maximum absolute atomic E-state index is 12.9. The molecule has 0 radical (unpaired) electrons. The third kappa shape index (κ3) is 5.45. The zero-order valence-corrected chi connectivity index (χ0v) is 17.9. The van der Waals surface area contributed by atoms with E-state index < -0.39 is 36.4 Å². The molecule has 0 saturated heterocycles. The highest BCUT2D eigenvalue weighted by Gasteiger charge is 2.31. The van der Waals surface area contributed by atoms with Crippen molar-refractivity contribution in [3.8, 4) is 11.3 Å². The highest BCUT2D eigenvalue weighted by atomic mass is 19.4. The van der Waals surface area contributed by atoms with E-state index in [0.29, 0.717) is 11.3 Å². The van der Waals surface area contributed by atoms with Crippen molar-refractivity contribution in [3.63, 3.8) is 0 Å². The number of hydrogen-bond acceptors (Lipinski definition) is 5. The van der Waals surface area contributed by atoms with Gasteiger partial charge >= 0.3 is 18.3 Å². The minimum Gasteiger partial charge on any atom is -0.452 e. The molecule has 2 aromatic heterocycles. The van der Waals surface area contributed by atoms with Crippen LogP contribution in [0.1, 0.15) is 26.3 Å². The molecule has 0 spiro atoms. The van der Waals surface area contributed by atoms with Gasteiger partial charge in [0, 0.05) is 23.0 Å². The van der Waals surface area contributed by atoms with E-state index in [-0.39, 0.29) is 22.5 Å². The Balaban J connectivity index is 1.60. The smallest absolute Gasteiger partial charge is 0.422 e. The third-order valence-electron chi connectivity index (χ3n) is 4.86. The number of rotatable bonds is 5. The Morgan fingerprint density at radius 3 is 2.44 bits per heavy atom. The summed E-state index contributed by atoms with van der Waals surface area (Å²) in [7, 11) is 0. The zero-order chi connectivity index (χ0) is 26.1. The van der Waals surface area contributed by atoms with Crippen LogP contribution < -0.4 is 5.32 Å². The highest BCUT2D eigenvalue weighted by molar-refractivity contribution is 6.04. The van der Waals surface area contributed by atoms with Gasteiger partial charge in [-0.2, -0.15) is 31.4 Å². The summed E-state index contributed by atoms with van der Waals surface area (Å²) >= 11 is 0. The van der Waals surface area contributed by atoms with E-state index in [9.17, 15) is 35.9 Å². The Labute approximate surface area is 198 Å². The van der Waals surface area contributed by atoms with Crippen LogP contribution in [0.25, 0.3) is 16.9 Å². The number of nitrogens with zero attached hydrogens (tertiary/aromatic N) is 3. The normalized spacial score (nSPS) is 11.9. The molecule has 0 aliphatic rings. The summed E-state index contributed by atoms with van der Waals surface area (Å²) in [4.78, 5) is 28.6. The number of alkyl halides is 6. The molecule has 4 aromatic rings. The largest absolute Gasteiger partial charge is 0.452 e. The van der Waals surface area contributed by atoms with E-state index in [1.807, 2.05) is 0 Å². The van der Waals surface area contributed by atoms with Crippen molar-refractivity contribution in [2.24, 2.45) is 0 Å². The van der Waals surface area contributed by atoms with Crippen molar-refractivity contribution in [1.29, 1.82) is 0 Å². The summed E-state index contributed by atoms with van der Waals surface area (Å²) in [6.45, 7) is -1.77. The average molecular weight is 508 g/mol. The first kappa shape index (κ1) is 24.7. The number of benzene rings is 2. The Kier molecular flexibility index (Phi) is 6.39. The molecule has 0 atom stereocenters. The van der Waals surface area contributed by atoms with Crippen LogP contribution in [0, 0.1) is 0 Å². The number of ether oxygens (including phenoxy) is 1. The minimum atomic E-state index is -4.70. The summed E-state index contributed by atoms with van der Waals surface area (Å²) in [5, 5.41) is 6.53. The molecule has 1 amide bonds. The maximum atomic E-state index is 12.9. The number of aromatic nitrogens is 3. The number of fused-ring (bicyclic) bond motifs is 1. The number of amides is 1. The van der Waals surface area contributed by atoms with Gasteiger partial charge in [0.15, 0.2) is 12.3 Å². The summed E-state index contributed by atoms with van der Waals surface area (Å²) in [5.41, 5.74) is -0.431. The van der Waals surface area contributed by atoms with Gasteiger partial charge in [0.1, 0.15) is 5.56 Å². The van der Waals surface area contributed by atoms with E-state index in [2.05, 4.69) is 20.1 Å². The van der Waals surface area contributed by atoms with Crippen LogP contribution in [0.4, 0.5) is 32.0 Å². The first-order valence-electron chi connectivity index (χ1n) is 10.1. The van der Waals surface area contributed by atoms with Crippen LogP contribution in [0.15, 0.2) is 67.0 Å². The molecule has 0 aliphatic carbocycles. The van der Waals surface area contributed by atoms with Gasteiger partial charge in [-0.05, 0) is 36.4 Å². The van der Waals surface area contributed by atoms with E-state index in [1.165, 1.54) is 35.0 Å². The Hall–Kier alpha value is -4.42. The van der Waals surface area contributed by atoms with E-state index in [0.717, 1.165) is 24.4 Å². The first-order valence-corrected chi connectivity index (χ1v) is 10.1. The van der Waals surface area contributed by atoms with Gasteiger partial charge in [-0.3, -0.25) is 4.79 Å². The number of hydrogen-bond donors (Lipinski definition) is 1. The summed E-state index contributed by atoms with van der Waals surface area (Å²) in [5.74, 6) is -2.03. The van der Waals surface area contributed by atoms with Gasteiger partial charge in [0.05, 0.1) is 17.5 Å². The van der Waals surface area contributed by atoms with Crippen molar-refractivity contribution in [3.05, 3.63) is 83.7 Å². The van der Waals surface area contributed by atoms with Crippen molar-refractivity contribution in [1.82, 2.24) is 14.6 Å². The molecule has 36 heavy (non-hydrogen) atoms. The molecule has 2 heterocycles. The predicted octanol–water partition coefficient (Wildman–Crippen LogP) is 5.39. The van der Waals surface area contributed by atoms with Crippen LogP contribution in [-0.4, -0.2) is 39.3 Å². The van der Waals surface area contributed by atoms with E-state index >= 15 is 0 Å². The van der Waals surface area contributed by atoms with Crippen molar-refractivity contribution >= 4 is 23.2 Å². The van der Waals surface area contributed by atoms with Crippen molar-refractivity contribution < 1.29 is 40.7 Å². The summed E-state index contributed by atoms with van der Waals surface area (Å²) in [6.07, 6.45) is -6.98. The Morgan fingerprint density at radius 1 is 0.972 bits per heavy atom. The fraction of sp³-hybridized carbons (Fsp3) is 0.130. The molecule has 1 N–H and O–H groups in total. The molecule has 7 nitrogen and oxygen atoms in total. The van der Waals surface area contributed by atoms with Crippen LogP contribution in [0.5, 0.6) is 0 Å². The number of anilines is 1. The monoisotopic (exact) mass is 508 g/mol. The second kappa shape index (κ2) is 9.32. The predicted molar refractivity (Wildman–Crippen MR) is 114 cm³/mol. The molecular formula is C23H14F6N4O3. The topological polar surface area (TPSA) is 85.6 Å². The van der Waals surface area contributed by atoms with Gasteiger partial charge in [-0.25, -0.2) is 14.3 Å². The molecular weight excluding hydrogens is 494 g/mol. The van der Waals surface area contributed by atoms with Gasteiger partial charge in [0.25, 0.3) is 5.91 Å². The lowest BCUT2D eigenvalue weighted by Crippen LogP contribution is -2.20. The lowest BCUT2D eigenvalue weighted by Gasteiger charge is -2.11. The fourth-order valence-electron chi connectivity index (χ4n) is 3.28. The molecule has 0 bridgehead atoms. The molecule has 4 rings (SSSR count). The Morgan fingerprint density at radius 2 is 1.72 bits per heavy atom. The number of carbonyl (C=O) groups is 2. The molecule has 0 fully saturated rings. The number of nitrogens with one attached hydrogen (secondary N) is 1. The van der Waals surface area contributed by atoms with Crippen LogP contribution in [0.3, 0.4) is 0 Å². The Bertz CT molecular complexity index is 1450. The van der Waals surface area contributed by atoms with Gasteiger partial charge < -0.3 is 10.1 Å². The lowest BCUT2D eigenvalue weighted by molar-refractivity contribution is -0.161. The molecule has 13 heteroatoms.